The largest absolute Gasteiger partial charge is 0.497 e. The molecule has 0 aliphatic heterocycles. The standard InChI is InChI=1S/C15H22ClNO3/c1-17(11-9-15(18)20-3)10-8-14(16)12-4-6-13(19-2)7-5-12/h4-7,14H,8-11H2,1-3H3. The highest BCUT2D eigenvalue weighted by atomic mass is 35.5. The van der Waals surface area contributed by atoms with E-state index in [1.54, 1.807) is 7.11 Å². The number of carbonyl (C=O) groups excluding carboxylic acids is 1. The molecule has 1 aromatic carbocycles. The van der Waals surface area contributed by atoms with E-state index < -0.39 is 0 Å². The lowest BCUT2D eigenvalue weighted by Crippen LogP contribution is -2.24. The molecule has 0 aliphatic carbocycles. The number of nitrogens with zero attached hydrogens (tertiary/aromatic N) is 1. The van der Waals surface area contributed by atoms with Crippen molar-refractivity contribution in [1.82, 2.24) is 4.90 Å². The highest BCUT2D eigenvalue weighted by molar-refractivity contribution is 6.20. The van der Waals surface area contributed by atoms with E-state index in [0.29, 0.717) is 13.0 Å². The van der Waals surface area contributed by atoms with E-state index in [4.69, 9.17) is 16.3 Å². The van der Waals surface area contributed by atoms with Gasteiger partial charge in [0.25, 0.3) is 0 Å². The molecule has 0 N–H and O–H groups in total. The van der Waals surface area contributed by atoms with E-state index >= 15 is 0 Å². The topological polar surface area (TPSA) is 38.8 Å². The maximum absolute atomic E-state index is 11.0. The van der Waals surface area contributed by atoms with Gasteiger partial charge in [-0.2, -0.15) is 0 Å². The third-order valence-electron chi connectivity index (χ3n) is 3.17. The van der Waals surface area contributed by atoms with Crippen molar-refractivity contribution in [3.8, 4) is 5.75 Å². The normalized spacial score (nSPS) is 12.2. The third kappa shape index (κ3) is 5.80. The molecule has 0 heterocycles. The zero-order chi connectivity index (χ0) is 15.0. The predicted molar refractivity (Wildman–Crippen MR) is 80.3 cm³/mol. The first kappa shape index (κ1) is 16.8. The molecule has 1 rings (SSSR count). The first-order valence-electron chi connectivity index (χ1n) is 6.60. The van der Waals surface area contributed by atoms with E-state index in [2.05, 4.69) is 9.64 Å². The Bertz CT molecular complexity index is 408. The van der Waals surface area contributed by atoms with Crippen LogP contribution in [0, 0.1) is 0 Å². The fourth-order valence-corrected chi connectivity index (χ4v) is 2.05. The zero-order valence-corrected chi connectivity index (χ0v) is 13.0. The fraction of sp³-hybridized carbons (Fsp3) is 0.533. The smallest absolute Gasteiger partial charge is 0.306 e. The van der Waals surface area contributed by atoms with E-state index in [-0.39, 0.29) is 11.3 Å². The SMILES string of the molecule is COC(=O)CCN(C)CCC(Cl)c1ccc(OC)cc1. The minimum Gasteiger partial charge on any atom is -0.497 e. The highest BCUT2D eigenvalue weighted by Crippen LogP contribution is 2.26. The van der Waals surface area contributed by atoms with Crippen LogP contribution in [0.4, 0.5) is 0 Å². The minimum absolute atomic E-state index is 0.0403. The number of methoxy groups -OCH3 is 2. The van der Waals surface area contributed by atoms with Gasteiger partial charge in [0.2, 0.25) is 0 Å². The molecule has 0 aliphatic rings. The van der Waals surface area contributed by atoms with Gasteiger partial charge in [-0.25, -0.2) is 0 Å². The predicted octanol–water partition coefficient (Wildman–Crippen LogP) is 2.86. The Morgan fingerprint density at radius 2 is 1.90 bits per heavy atom. The van der Waals surface area contributed by atoms with Gasteiger partial charge in [0.15, 0.2) is 0 Å². The summed E-state index contributed by atoms with van der Waals surface area (Å²) >= 11 is 6.38. The van der Waals surface area contributed by atoms with Crippen LogP contribution in [-0.4, -0.2) is 45.2 Å². The van der Waals surface area contributed by atoms with Gasteiger partial charge in [0.05, 0.1) is 26.0 Å². The molecule has 4 nitrogen and oxygen atoms in total. The van der Waals surface area contributed by atoms with Crippen molar-refractivity contribution in [2.45, 2.75) is 18.2 Å². The number of esters is 1. The average Bonchev–Trinajstić information content (AvgIpc) is 2.50. The van der Waals surface area contributed by atoms with Gasteiger partial charge in [0, 0.05) is 6.54 Å². The summed E-state index contributed by atoms with van der Waals surface area (Å²) in [5.74, 6) is 0.641. The molecule has 0 saturated carbocycles. The van der Waals surface area contributed by atoms with E-state index in [0.717, 1.165) is 24.3 Å². The Labute approximate surface area is 125 Å². The second-order valence-corrected chi connectivity index (χ2v) is 5.19. The summed E-state index contributed by atoms with van der Waals surface area (Å²) in [6.07, 6.45) is 1.23. The van der Waals surface area contributed by atoms with Crippen LogP contribution in [0.1, 0.15) is 23.8 Å². The molecular formula is C15H22ClNO3. The van der Waals surface area contributed by atoms with Crippen LogP contribution in [0.5, 0.6) is 5.75 Å². The summed E-state index contributed by atoms with van der Waals surface area (Å²) in [5.41, 5.74) is 1.08. The summed E-state index contributed by atoms with van der Waals surface area (Å²) in [7, 11) is 5.02. The Hall–Kier alpha value is -1.26. The van der Waals surface area contributed by atoms with Gasteiger partial charge in [-0.3, -0.25) is 4.79 Å². The third-order valence-corrected chi connectivity index (χ3v) is 3.64. The number of carbonyl (C=O) groups is 1. The van der Waals surface area contributed by atoms with Crippen LogP contribution in [0.2, 0.25) is 0 Å². The van der Waals surface area contributed by atoms with Crippen molar-refractivity contribution in [3.63, 3.8) is 0 Å². The van der Waals surface area contributed by atoms with Crippen LogP contribution in [0.25, 0.3) is 0 Å². The van der Waals surface area contributed by atoms with Gasteiger partial charge in [0.1, 0.15) is 5.75 Å². The van der Waals surface area contributed by atoms with Crippen molar-refractivity contribution >= 4 is 17.6 Å². The zero-order valence-electron chi connectivity index (χ0n) is 12.3. The summed E-state index contributed by atoms with van der Waals surface area (Å²) in [4.78, 5) is 13.1. The maximum Gasteiger partial charge on any atom is 0.306 e. The van der Waals surface area contributed by atoms with Gasteiger partial charge in [-0.1, -0.05) is 12.1 Å². The van der Waals surface area contributed by atoms with Crippen LogP contribution >= 0.6 is 11.6 Å². The van der Waals surface area contributed by atoms with Crippen molar-refractivity contribution < 1.29 is 14.3 Å². The number of rotatable bonds is 8. The maximum atomic E-state index is 11.0. The quantitative estimate of drug-likeness (QED) is 0.546. The highest BCUT2D eigenvalue weighted by Gasteiger charge is 2.10. The molecule has 0 spiro atoms. The minimum atomic E-state index is -0.186. The Kier molecular flexibility index (Phi) is 7.41. The Morgan fingerprint density at radius 1 is 1.25 bits per heavy atom. The van der Waals surface area contributed by atoms with E-state index in [1.807, 2.05) is 31.3 Å². The molecule has 5 heteroatoms. The molecule has 0 amide bonds. The lowest BCUT2D eigenvalue weighted by Gasteiger charge is -2.18. The molecule has 1 aromatic rings. The molecule has 1 unspecified atom stereocenters. The van der Waals surface area contributed by atoms with Crippen molar-refractivity contribution in [2.24, 2.45) is 0 Å². The van der Waals surface area contributed by atoms with Gasteiger partial charge < -0.3 is 14.4 Å². The van der Waals surface area contributed by atoms with Gasteiger partial charge >= 0.3 is 5.97 Å². The molecule has 0 fully saturated rings. The Morgan fingerprint density at radius 3 is 2.45 bits per heavy atom. The number of benzene rings is 1. The molecule has 1 atom stereocenters. The van der Waals surface area contributed by atoms with Crippen LogP contribution < -0.4 is 4.74 Å². The monoisotopic (exact) mass is 299 g/mol. The van der Waals surface area contributed by atoms with Crippen molar-refractivity contribution in [3.05, 3.63) is 29.8 Å². The summed E-state index contributed by atoms with van der Waals surface area (Å²) in [6, 6.07) is 7.77. The summed E-state index contributed by atoms with van der Waals surface area (Å²) < 4.78 is 9.73. The van der Waals surface area contributed by atoms with Crippen molar-refractivity contribution in [1.29, 1.82) is 0 Å². The average molecular weight is 300 g/mol. The summed E-state index contributed by atoms with van der Waals surface area (Å²) in [6.45, 7) is 1.51. The number of ether oxygens (including phenoxy) is 2. The van der Waals surface area contributed by atoms with Gasteiger partial charge in [-0.15, -0.1) is 11.6 Å². The van der Waals surface area contributed by atoms with Crippen LogP contribution in [-0.2, 0) is 9.53 Å². The molecule has 0 saturated heterocycles. The molecule has 0 aromatic heterocycles. The molecule has 0 bridgehead atoms. The second-order valence-electron chi connectivity index (χ2n) is 4.66. The number of halogens is 1. The van der Waals surface area contributed by atoms with Crippen LogP contribution in [0.15, 0.2) is 24.3 Å². The Balaban J connectivity index is 2.34. The van der Waals surface area contributed by atoms with E-state index in [9.17, 15) is 4.79 Å². The summed E-state index contributed by atoms with van der Waals surface area (Å²) in [5, 5.41) is -0.0403. The van der Waals surface area contributed by atoms with Gasteiger partial charge in [-0.05, 0) is 37.7 Å². The number of alkyl halides is 1. The number of hydrogen-bond acceptors (Lipinski definition) is 4. The lowest BCUT2D eigenvalue weighted by atomic mass is 10.1. The fourth-order valence-electron chi connectivity index (χ4n) is 1.81. The van der Waals surface area contributed by atoms with Crippen molar-refractivity contribution in [2.75, 3.05) is 34.4 Å². The molecule has 112 valence electrons. The second kappa shape index (κ2) is 8.82. The molecule has 0 radical (unpaired) electrons. The van der Waals surface area contributed by atoms with Crippen LogP contribution in [0.3, 0.4) is 0 Å². The molecule has 20 heavy (non-hydrogen) atoms. The first-order chi connectivity index (χ1) is 9.56. The lowest BCUT2D eigenvalue weighted by molar-refractivity contribution is -0.140. The first-order valence-corrected chi connectivity index (χ1v) is 7.04. The van der Waals surface area contributed by atoms with E-state index in [1.165, 1.54) is 7.11 Å². The molecular weight excluding hydrogens is 278 g/mol. The number of hydrogen-bond donors (Lipinski definition) is 0.